The third-order valence-corrected chi connectivity index (χ3v) is 5.20. The van der Waals surface area contributed by atoms with Crippen molar-refractivity contribution >= 4 is 48.7 Å². The van der Waals surface area contributed by atoms with E-state index in [9.17, 15) is 8.42 Å². The molecule has 0 aliphatic carbocycles. The molecule has 0 radical (unpaired) electrons. The van der Waals surface area contributed by atoms with E-state index in [2.05, 4.69) is 9.71 Å². The fourth-order valence-electron chi connectivity index (χ4n) is 1.80. The van der Waals surface area contributed by atoms with Crippen LogP contribution in [0.25, 0.3) is 10.1 Å². The largest absolute Gasteiger partial charge is 0.280 e. The van der Waals surface area contributed by atoms with Crippen LogP contribution >= 0.6 is 22.9 Å². The number of hydrogen-bond donors (Lipinski definition) is 1. The first-order chi connectivity index (χ1) is 9.54. The van der Waals surface area contributed by atoms with Gasteiger partial charge in [-0.05, 0) is 47.2 Å². The normalized spacial score (nSPS) is 11.7. The van der Waals surface area contributed by atoms with Gasteiger partial charge < -0.3 is 0 Å². The maximum absolute atomic E-state index is 12.2. The van der Waals surface area contributed by atoms with Gasteiger partial charge in [0.25, 0.3) is 10.0 Å². The first-order valence-electron chi connectivity index (χ1n) is 5.66. The molecule has 1 aromatic carbocycles. The molecule has 0 aliphatic heterocycles. The zero-order valence-electron chi connectivity index (χ0n) is 10.1. The Kier molecular flexibility index (Phi) is 3.37. The molecule has 1 N–H and O–H groups in total. The van der Waals surface area contributed by atoms with Crippen LogP contribution in [0, 0.1) is 0 Å². The monoisotopic (exact) mass is 324 g/mol. The third-order valence-electron chi connectivity index (χ3n) is 2.71. The van der Waals surface area contributed by atoms with Crippen LogP contribution in [0.5, 0.6) is 0 Å². The molecule has 2 heterocycles. The van der Waals surface area contributed by atoms with Crippen molar-refractivity contribution in [2.45, 2.75) is 4.90 Å². The third kappa shape index (κ3) is 2.63. The van der Waals surface area contributed by atoms with Crippen molar-refractivity contribution < 1.29 is 8.42 Å². The van der Waals surface area contributed by atoms with Crippen LogP contribution in [-0.2, 0) is 10.0 Å². The molecule has 7 heteroatoms. The number of rotatable bonds is 3. The zero-order chi connectivity index (χ0) is 14.2. The minimum atomic E-state index is -3.66. The fourth-order valence-corrected chi connectivity index (χ4v) is 3.87. The second kappa shape index (κ2) is 5.05. The Labute approximate surface area is 125 Å². The first-order valence-corrected chi connectivity index (χ1v) is 8.40. The minimum absolute atomic E-state index is 0.0860. The summed E-state index contributed by atoms with van der Waals surface area (Å²) in [4.78, 5) is 3.85. The van der Waals surface area contributed by atoms with E-state index in [0.29, 0.717) is 5.69 Å². The predicted octanol–water partition coefficient (Wildman–Crippen LogP) is 3.75. The van der Waals surface area contributed by atoms with Crippen LogP contribution in [0.1, 0.15) is 0 Å². The topological polar surface area (TPSA) is 59.1 Å². The van der Waals surface area contributed by atoms with Crippen molar-refractivity contribution in [2.24, 2.45) is 0 Å². The van der Waals surface area contributed by atoms with E-state index >= 15 is 0 Å². The molecule has 4 nitrogen and oxygen atoms in total. The summed E-state index contributed by atoms with van der Waals surface area (Å²) >= 11 is 7.32. The van der Waals surface area contributed by atoms with Gasteiger partial charge in [0.1, 0.15) is 5.15 Å². The Hall–Kier alpha value is -1.63. The SMILES string of the molecule is O=S(=O)(Nc1ccc2sccc2c1)c1ccnc(Cl)c1. The summed E-state index contributed by atoms with van der Waals surface area (Å²) in [6.07, 6.45) is 1.36. The number of sulfonamides is 1. The molecule has 3 aromatic rings. The summed E-state index contributed by atoms with van der Waals surface area (Å²) in [5.41, 5.74) is 0.517. The van der Waals surface area contributed by atoms with E-state index in [-0.39, 0.29) is 10.0 Å². The van der Waals surface area contributed by atoms with Crippen LogP contribution in [0.4, 0.5) is 5.69 Å². The molecule has 20 heavy (non-hydrogen) atoms. The van der Waals surface area contributed by atoms with E-state index in [0.717, 1.165) is 10.1 Å². The van der Waals surface area contributed by atoms with E-state index in [1.54, 1.807) is 23.5 Å². The second-order valence-electron chi connectivity index (χ2n) is 4.09. The average Bonchev–Trinajstić information content (AvgIpc) is 2.85. The van der Waals surface area contributed by atoms with Crippen molar-refractivity contribution in [2.75, 3.05) is 4.72 Å². The van der Waals surface area contributed by atoms with Crippen LogP contribution in [0.2, 0.25) is 5.15 Å². The highest BCUT2D eigenvalue weighted by Crippen LogP contribution is 2.25. The lowest BCUT2D eigenvalue weighted by Gasteiger charge is -2.08. The quantitative estimate of drug-likeness (QED) is 0.746. The lowest BCUT2D eigenvalue weighted by atomic mass is 10.2. The van der Waals surface area contributed by atoms with Crippen molar-refractivity contribution in [1.82, 2.24) is 4.98 Å². The molecule has 0 amide bonds. The zero-order valence-corrected chi connectivity index (χ0v) is 12.5. The number of thiophene rings is 1. The second-order valence-corrected chi connectivity index (χ2v) is 7.11. The summed E-state index contributed by atoms with van der Waals surface area (Å²) in [6.45, 7) is 0. The highest BCUT2D eigenvalue weighted by Gasteiger charge is 2.15. The molecule has 0 atom stereocenters. The van der Waals surface area contributed by atoms with Crippen molar-refractivity contribution in [3.05, 3.63) is 53.1 Å². The fraction of sp³-hybridized carbons (Fsp3) is 0. The first kappa shape index (κ1) is 13.4. The molecule has 0 fully saturated rings. The summed E-state index contributed by atoms with van der Waals surface area (Å²) in [6, 6.07) is 10.1. The van der Waals surface area contributed by atoms with Gasteiger partial charge in [0, 0.05) is 16.6 Å². The van der Waals surface area contributed by atoms with Crippen LogP contribution in [-0.4, -0.2) is 13.4 Å². The van der Waals surface area contributed by atoms with Crippen LogP contribution in [0.3, 0.4) is 0 Å². The minimum Gasteiger partial charge on any atom is -0.280 e. The molecule has 0 saturated heterocycles. The van der Waals surface area contributed by atoms with Gasteiger partial charge in [0.05, 0.1) is 4.90 Å². The van der Waals surface area contributed by atoms with Crippen LogP contribution in [0.15, 0.2) is 52.9 Å². The maximum atomic E-state index is 12.2. The molecule has 0 bridgehead atoms. The summed E-state index contributed by atoms with van der Waals surface area (Å²) in [7, 11) is -3.66. The number of fused-ring (bicyclic) bond motifs is 1. The van der Waals surface area contributed by atoms with Gasteiger partial charge in [-0.3, -0.25) is 4.72 Å². The highest BCUT2D eigenvalue weighted by atomic mass is 35.5. The van der Waals surface area contributed by atoms with Crippen molar-refractivity contribution in [1.29, 1.82) is 0 Å². The molecule has 3 rings (SSSR count). The molecule has 102 valence electrons. The van der Waals surface area contributed by atoms with Crippen molar-refractivity contribution in [3.63, 3.8) is 0 Å². The number of nitrogens with zero attached hydrogens (tertiary/aromatic N) is 1. The number of halogens is 1. The summed E-state index contributed by atoms with van der Waals surface area (Å²) < 4.78 is 28.1. The molecular weight excluding hydrogens is 316 g/mol. The van der Waals surface area contributed by atoms with Gasteiger partial charge >= 0.3 is 0 Å². The van der Waals surface area contributed by atoms with Gasteiger partial charge in [-0.15, -0.1) is 11.3 Å². The van der Waals surface area contributed by atoms with Gasteiger partial charge in [-0.25, -0.2) is 13.4 Å². The Bertz CT molecular complexity index is 875. The number of pyridine rings is 1. The lowest BCUT2D eigenvalue weighted by molar-refractivity contribution is 0.601. The van der Waals surface area contributed by atoms with Gasteiger partial charge in [-0.1, -0.05) is 11.6 Å². The Morgan fingerprint density at radius 1 is 1.15 bits per heavy atom. The Balaban J connectivity index is 1.96. The summed E-state index contributed by atoms with van der Waals surface area (Å²) in [5, 5.41) is 3.11. The standard InChI is InChI=1S/C13H9ClN2O2S2/c14-13-8-11(3-5-15-13)20(17,18)16-10-1-2-12-9(7-10)4-6-19-12/h1-8,16H. The molecule has 0 unspecified atom stereocenters. The lowest BCUT2D eigenvalue weighted by Crippen LogP contribution is -2.12. The van der Waals surface area contributed by atoms with Gasteiger partial charge in [-0.2, -0.15) is 0 Å². The molecular formula is C13H9ClN2O2S2. The average molecular weight is 325 g/mol. The van der Waals surface area contributed by atoms with Crippen LogP contribution < -0.4 is 4.72 Å². The van der Waals surface area contributed by atoms with E-state index in [1.165, 1.54) is 18.3 Å². The highest BCUT2D eigenvalue weighted by molar-refractivity contribution is 7.92. The predicted molar refractivity (Wildman–Crippen MR) is 81.9 cm³/mol. The van der Waals surface area contributed by atoms with Gasteiger partial charge in [0.2, 0.25) is 0 Å². The van der Waals surface area contributed by atoms with E-state index < -0.39 is 10.0 Å². The van der Waals surface area contributed by atoms with E-state index in [4.69, 9.17) is 11.6 Å². The van der Waals surface area contributed by atoms with Gasteiger partial charge in [0.15, 0.2) is 0 Å². The van der Waals surface area contributed by atoms with E-state index in [1.807, 2.05) is 17.5 Å². The number of nitrogens with one attached hydrogen (secondary N) is 1. The summed E-state index contributed by atoms with van der Waals surface area (Å²) in [5.74, 6) is 0. The number of aromatic nitrogens is 1. The Morgan fingerprint density at radius 2 is 2.00 bits per heavy atom. The Morgan fingerprint density at radius 3 is 2.80 bits per heavy atom. The molecule has 0 saturated carbocycles. The smallest absolute Gasteiger partial charge is 0.262 e. The molecule has 0 spiro atoms. The number of hydrogen-bond acceptors (Lipinski definition) is 4. The maximum Gasteiger partial charge on any atom is 0.262 e. The molecule has 2 aromatic heterocycles. The number of anilines is 1. The molecule has 0 aliphatic rings. The number of benzene rings is 1. The van der Waals surface area contributed by atoms with Crippen molar-refractivity contribution in [3.8, 4) is 0 Å².